The van der Waals surface area contributed by atoms with Crippen molar-refractivity contribution in [1.29, 1.82) is 0 Å². The molecule has 2 aromatic rings. The first-order valence-electron chi connectivity index (χ1n) is 11.0. The van der Waals surface area contributed by atoms with E-state index in [-0.39, 0.29) is 48.9 Å². The first kappa shape index (κ1) is 26.6. The predicted octanol–water partition coefficient (Wildman–Crippen LogP) is 2.94. The molecule has 0 fully saturated rings. The van der Waals surface area contributed by atoms with Crippen molar-refractivity contribution in [3.8, 4) is 11.5 Å². The van der Waals surface area contributed by atoms with Gasteiger partial charge in [-0.25, -0.2) is 9.38 Å². The molecule has 2 amide bonds. The van der Waals surface area contributed by atoms with Gasteiger partial charge in [0.15, 0.2) is 17.5 Å². The summed E-state index contributed by atoms with van der Waals surface area (Å²) in [6, 6.07) is 10.7. The molecule has 2 aromatic carbocycles. The minimum atomic E-state index is -0.394. The zero-order chi connectivity index (χ0) is 25.1. The molecule has 0 saturated carbocycles. The van der Waals surface area contributed by atoms with Gasteiger partial charge < -0.3 is 20.5 Å². The second-order valence-corrected chi connectivity index (χ2v) is 8.32. The van der Waals surface area contributed by atoms with Crippen molar-refractivity contribution in [3.63, 3.8) is 0 Å². The van der Waals surface area contributed by atoms with Crippen LogP contribution in [0.25, 0.3) is 0 Å². The number of methoxy groups -OCH3 is 2. The van der Waals surface area contributed by atoms with Crippen LogP contribution in [0.5, 0.6) is 11.5 Å². The molecule has 0 unspecified atom stereocenters. The number of nitrogens with two attached hydrogens (primary N) is 1. The van der Waals surface area contributed by atoms with E-state index in [4.69, 9.17) is 15.2 Å². The highest BCUT2D eigenvalue weighted by molar-refractivity contribution is 5.97. The van der Waals surface area contributed by atoms with Gasteiger partial charge in [-0.05, 0) is 47.7 Å². The molecule has 4 N–H and O–H groups in total. The predicted molar refractivity (Wildman–Crippen MR) is 129 cm³/mol. The monoisotopic (exact) mass is 472 g/mol. The van der Waals surface area contributed by atoms with Gasteiger partial charge in [-0.15, -0.1) is 0 Å². The summed E-state index contributed by atoms with van der Waals surface area (Å²) in [5, 5.41) is 5.39. The van der Waals surface area contributed by atoms with E-state index in [1.165, 1.54) is 26.4 Å². The first-order chi connectivity index (χ1) is 16.2. The van der Waals surface area contributed by atoms with Crippen molar-refractivity contribution in [1.82, 2.24) is 10.6 Å². The average Bonchev–Trinajstić information content (AvgIpc) is 2.77. The van der Waals surface area contributed by atoms with Crippen LogP contribution in [0.1, 0.15) is 37.8 Å². The summed E-state index contributed by atoms with van der Waals surface area (Å²) in [5.74, 6) is 0.460. The van der Waals surface area contributed by atoms with Crippen molar-refractivity contribution in [2.75, 3.05) is 14.2 Å². The van der Waals surface area contributed by atoms with Crippen LogP contribution >= 0.6 is 0 Å². The number of hydrogen-bond acceptors (Lipinski definition) is 5. The SMILES string of the molecule is COc1ccc(CC(=O)NC(N)=N[C@@H](CC(=O)NCc2ccc(F)cc2)CC(C)C)cc1OC. The van der Waals surface area contributed by atoms with Crippen molar-refractivity contribution in [3.05, 3.63) is 59.4 Å². The highest BCUT2D eigenvalue weighted by Crippen LogP contribution is 2.27. The van der Waals surface area contributed by atoms with Gasteiger partial charge in [-0.1, -0.05) is 32.0 Å². The van der Waals surface area contributed by atoms with Gasteiger partial charge in [0.1, 0.15) is 5.82 Å². The number of ether oxygens (including phenoxy) is 2. The summed E-state index contributed by atoms with van der Waals surface area (Å²) >= 11 is 0. The van der Waals surface area contributed by atoms with E-state index in [0.717, 1.165) is 11.1 Å². The number of nitrogens with zero attached hydrogens (tertiary/aromatic N) is 1. The summed E-state index contributed by atoms with van der Waals surface area (Å²) < 4.78 is 23.5. The molecule has 0 heterocycles. The maximum Gasteiger partial charge on any atom is 0.231 e. The number of hydrogen-bond donors (Lipinski definition) is 3. The van der Waals surface area contributed by atoms with Crippen LogP contribution in [-0.2, 0) is 22.6 Å². The Bertz CT molecular complexity index is 993. The Morgan fingerprint density at radius 1 is 1.00 bits per heavy atom. The van der Waals surface area contributed by atoms with Crippen LogP contribution in [0.4, 0.5) is 4.39 Å². The zero-order valence-electron chi connectivity index (χ0n) is 20.1. The lowest BCUT2D eigenvalue weighted by atomic mass is 10.0. The van der Waals surface area contributed by atoms with Crippen LogP contribution in [0.2, 0.25) is 0 Å². The second kappa shape index (κ2) is 13.2. The molecular formula is C25H33FN4O4. The molecule has 2 rings (SSSR count). The highest BCUT2D eigenvalue weighted by atomic mass is 19.1. The van der Waals surface area contributed by atoms with Gasteiger partial charge in [0.05, 0.1) is 26.7 Å². The number of amides is 2. The van der Waals surface area contributed by atoms with Gasteiger partial charge in [0, 0.05) is 13.0 Å². The lowest BCUT2D eigenvalue weighted by molar-refractivity contribution is -0.121. The normalized spacial score (nSPS) is 12.2. The minimum absolute atomic E-state index is 0.0394. The van der Waals surface area contributed by atoms with Gasteiger partial charge in [0.25, 0.3) is 0 Å². The molecule has 184 valence electrons. The highest BCUT2D eigenvalue weighted by Gasteiger charge is 2.16. The van der Waals surface area contributed by atoms with Gasteiger partial charge in [0.2, 0.25) is 11.8 Å². The van der Waals surface area contributed by atoms with E-state index in [1.54, 1.807) is 30.3 Å². The summed E-state index contributed by atoms with van der Waals surface area (Å²) in [4.78, 5) is 29.2. The van der Waals surface area contributed by atoms with Crippen molar-refractivity contribution < 1.29 is 23.5 Å². The second-order valence-electron chi connectivity index (χ2n) is 8.32. The largest absolute Gasteiger partial charge is 0.493 e. The van der Waals surface area contributed by atoms with E-state index < -0.39 is 6.04 Å². The number of guanidine groups is 1. The number of benzene rings is 2. The Labute approximate surface area is 199 Å². The molecule has 0 radical (unpaired) electrons. The van der Waals surface area contributed by atoms with E-state index >= 15 is 0 Å². The third kappa shape index (κ3) is 9.09. The zero-order valence-corrected chi connectivity index (χ0v) is 20.1. The number of halogens is 1. The minimum Gasteiger partial charge on any atom is -0.493 e. The number of rotatable bonds is 11. The number of carbonyl (C=O) groups excluding carboxylic acids is 2. The molecule has 1 atom stereocenters. The van der Waals surface area contributed by atoms with E-state index in [1.807, 2.05) is 13.8 Å². The smallest absolute Gasteiger partial charge is 0.231 e. The molecule has 0 saturated heterocycles. The van der Waals surface area contributed by atoms with Crippen LogP contribution in [0, 0.1) is 11.7 Å². The fourth-order valence-corrected chi connectivity index (χ4v) is 3.41. The van der Waals surface area contributed by atoms with E-state index in [2.05, 4.69) is 15.6 Å². The molecule has 34 heavy (non-hydrogen) atoms. The quantitative estimate of drug-likeness (QED) is 0.344. The van der Waals surface area contributed by atoms with Crippen molar-refractivity contribution in [2.45, 2.75) is 45.7 Å². The molecule has 0 aliphatic carbocycles. The van der Waals surface area contributed by atoms with E-state index in [9.17, 15) is 14.0 Å². The lowest BCUT2D eigenvalue weighted by Gasteiger charge is -2.16. The third-order valence-electron chi connectivity index (χ3n) is 4.97. The topological polar surface area (TPSA) is 115 Å². The molecule has 0 aromatic heterocycles. The Hall–Kier alpha value is -3.62. The molecule has 0 bridgehead atoms. The molecule has 8 nitrogen and oxygen atoms in total. The Morgan fingerprint density at radius 2 is 1.65 bits per heavy atom. The number of aliphatic imine (C=N–C) groups is 1. The number of carbonyl (C=O) groups is 2. The average molecular weight is 473 g/mol. The van der Waals surface area contributed by atoms with Crippen LogP contribution in [0.15, 0.2) is 47.5 Å². The van der Waals surface area contributed by atoms with Crippen molar-refractivity contribution in [2.24, 2.45) is 16.6 Å². The van der Waals surface area contributed by atoms with Crippen molar-refractivity contribution >= 4 is 17.8 Å². The summed E-state index contributed by atoms with van der Waals surface area (Å²) in [6.45, 7) is 4.32. The van der Waals surface area contributed by atoms with Gasteiger partial charge in [-0.3, -0.25) is 14.9 Å². The standard InChI is InChI=1S/C25H33FN4O4/c1-16(2)11-20(14-23(31)28-15-17-5-8-19(26)9-6-17)29-25(27)30-24(32)13-18-7-10-21(33-3)22(12-18)34-4/h5-10,12,16,20H,11,13-15H2,1-4H3,(H,28,31)(H3,27,29,30,32)/t20-/m1/s1. The number of nitrogens with one attached hydrogen (secondary N) is 2. The summed E-state index contributed by atoms with van der Waals surface area (Å²) in [6.07, 6.45) is 0.811. The maximum atomic E-state index is 13.0. The fourth-order valence-electron chi connectivity index (χ4n) is 3.41. The maximum absolute atomic E-state index is 13.0. The molecule has 9 heteroatoms. The third-order valence-corrected chi connectivity index (χ3v) is 4.97. The van der Waals surface area contributed by atoms with Gasteiger partial charge in [-0.2, -0.15) is 0 Å². The Kier molecular flexibility index (Phi) is 10.3. The summed E-state index contributed by atoms with van der Waals surface area (Å²) in [5.41, 5.74) is 7.48. The van der Waals surface area contributed by atoms with Crippen LogP contribution < -0.4 is 25.8 Å². The fraction of sp³-hybridized carbons (Fsp3) is 0.400. The Balaban J connectivity index is 1.95. The first-order valence-corrected chi connectivity index (χ1v) is 11.0. The van der Waals surface area contributed by atoms with Gasteiger partial charge >= 0.3 is 0 Å². The molecule has 0 spiro atoms. The van der Waals surface area contributed by atoms with Crippen LogP contribution in [-0.4, -0.2) is 38.0 Å². The Morgan fingerprint density at radius 3 is 2.26 bits per heavy atom. The molecule has 0 aliphatic rings. The molecular weight excluding hydrogens is 439 g/mol. The summed E-state index contributed by atoms with van der Waals surface area (Å²) in [7, 11) is 3.06. The van der Waals surface area contributed by atoms with E-state index in [0.29, 0.717) is 17.9 Å². The van der Waals surface area contributed by atoms with Crippen LogP contribution in [0.3, 0.4) is 0 Å². The lowest BCUT2D eigenvalue weighted by Crippen LogP contribution is -2.39. The molecule has 0 aliphatic heterocycles.